The number of hydrogen-bond acceptors (Lipinski definition) is 5. The minimum Gasteiger partial charge on any atom is -0.353 e. The number of nitrogens with one attached hydrogen (secondary N) is 1. The van der Waals surface area contributed by atoms with Crippen LogP contribution in [0.25, 0.3) is 22.5 Å². The zero-order valence-electron chi connectivity index (χ0n) is 20.6. The molecule has 0 saturated heterocycles. The predicted molar refractivity (Wildman–Crippen MR) is 134 cm³/mol. The molecule has 0 aliphatic carbocycles. The molecule has 7 heteroatoms. The van der Waals surface area contributed by atoms with Crippen LogP contribution in [0.3, 0.4) is 0 Å². The molecule has 0 amide bonds. The molecule has 2 aromatic carbocycles. The number of halogens is 1. The van der Waals surface area contributed by atoms with Crippen LogP contribution >= 0.6 is 0 Å². The Bertz CT molecular complexity index is 1090. The lowest BCUT2D eigenvalue weighted by Crippen LogP contribution is -2.30. The third-order valence-corrected chi connectivity index (χ3v) is 6.26. The molecule has 2 heterocycles. The van der Waals surface area contributed by atoms with E-state index in [0.29, 0.717) is 17.7 Å². The highest BCUT2D eigenvalue weighted by Gasteiger charge is 2.29. The molecule has 0 radical (unpaired) electrons. The SMILES string of the molecule is CC(C)CCC1=C(CF)N(CC(C)C)CN1Cc1ccc(-c2ccccc2-c2nn[nH]n2)cc1. The number of aromatic nitrogens is 4. The molecule has 0 saturated carbocycles. The van der Waals surface area contributed by atoms with E-state index in [-0.39, 0.29) is 0 Å². The first-order chi connectivity index (χ1) is 16.5. The van der Waals surface area contributed by atoms with E-state index in [1.165, 1.54) is 11.3 Å². The van der Waals surface area contributed by atoms with Gasteiger partial charge >= 0.3 is 0 Å². The molecule has 0 atom stereocenters. The second-order valence-corrected chi connectivity index (χ2v) is 9.89. The topological polar surface area (TPSA) is 60.9 Å². The van der Waals surface area contributed by atoms with Crippen molar-refractivity contribution in [1.29, 1.82) is 0 Å². The van der Waals surface area contributed by atoms with Crippen molar-refractivity contribution in [1.82, 2.24) is 30.4 Å². The van der Waals surface area contributed by atoms with Crippen LogP contribution in [0.1, 0.15) is 46.1 Å². The van der Waals surface area contributed by atoms with E-state index in [4.69, 9.17) is 0 Å². The number of H-pyrrole nitrogens is 1. The van der Waals surface area contributed by atoms with Crippen molar-refractivity contribution in [3.8, 4) is 22.5 Å². The van der Waals surface area contributed by atoms with Crippen molar-refractivity contribution >= 4 is 0 Å². The van der Waals surface area contributed by atoms with Crippen molar-refractivity contribution in [3.63, 3.8) is 0 Å². The second-order valence-electron chi connectivity index (χ2n) is 9.89. The summed E-state index contributed by atoms with van der Waals surface area (Å²) in [4.78, 5) is 4.60. The van der Waals surface area contributed by atoms with Gasteiger partial charge in [0, 0.05) is 24.4 Å². The molecule has 4 rings (SSSR count). The summed E-state index contributed by atoms with van der Waals surface area (Å²) in [6.45, 7) is 10.9. The Kier molecular flexibility index (Phi) is 7.60. The Morgan fingerprint density at radius 1 is 0.912 bits per heavy atom. The summed E-state index contributed by atoms with van der Waals surface area (Å²) in [5, 5.41) is 14.5. The first-order valence-electron chi connectivity index (χ1n) is 12.2. The van der Waals surface area contributed by atoms with Crippen LogP contribution in [0.2, 0.25) is 0 Å². The molecule has 0 fully saturated rings. The zero-order valence-corrected chi connectivity index (χ0v) is 20.6. The van der Waals surface area contributed by atoms with Crippen molar-refractivity contribution in [3.05, 3.63) is 65.5 Å². The van der Waals surface area contributed by atoms with Gasteiger partial charge in [-0.1, -0.05) is 76.2 Å². The lowest BCUT2D eigenvalue weighted by atomic mass is 9.98. The fraction of sp³-hybridized carbons (Fsp3) is 0.444. The summed E-state index contributed by atoms with van der Waals surface area (Å²) < 4.78 is 14.1. The summed E-state index contributed by atoms with van der Waals surface area (Å²) in [7, 11) is 0. The van der Waals surface area contributed by atoms with Crippen LogP contribution in [-0.4, -0.2) is 50.3 Å². The van der Waals surface area contributed by atoms with Gasteiger partial charge in [-0.15, -0.1) is 10.2 Å². The van der Waals surface area contributed by atoms with Crippen LogP contribution in [-0.2, 0) is 6.54 Å². The lowest BCUT2D eigenvalue weighted by molar-refractivity contribution is 0.214. The molecule has 6 nitrogen and oxygen atoms in total. The van der Waals surface area contributed by atoms with Crippen LogP contribution < -0.4 is 0 Å². The molecular weight excluding hydrogens is 427 g/mol. The highest BCUT2D eigenvalue weighted by atomic mass is 19.1. The second kappa shape index (κ2) is 10.8. The Morgan fingerprint density at radius 3 is 2.26 bits per heavy atom. The number of alkyl halides is 1. The van der Waals surface area contributed by atoms with E-state index in [0.717, 1.165) is 55.0 Å². The average Bonchev–Trinajstić information content (AvgIpc) is 3.46. The standard InChI is InChI=1S/C27H35FN6/c1-19(2)9-14-25-26(15-28)33(16-20(3)4)18-34(25)17-21-10-12-22(13-11-21)23-7-5-6-8-24(23)27-29-31-32-30-27/h5-8,10-13,19-20H,9,14-18H2,1-4H3,(H,29,30,31,32). The largest absolute Gasteiger partial charge is 0.353 e. The van der Waals surface area contributed by atoms with Crippen LogP contribution in [0.15, 0.2) is 59.9 Å². The molecule has 1 aromatic heterocycles. The van der Waals surface area contributed by atoms with Gasteiger partial charge in [-0.25, -0.2) is 4.39 Å². The molecular formula is C27H35FN6. The summed E-state index contributed by atoms with van der Waals surface area (Å²) in [6, 6.07) is 16.7. The highest BCUT2D eigenvalue weighted by molar-refractivity contribution is 5.80. The highest BCUT2D eigenvalue weighted by Crippen LogP contribution is 2.33. The van der Waals surface area contributed by atoms with E-state index in [9.17, 15) is 4.39 Å². The molecule has 0 bridgehead atoms. The zero-order chi connectivity index (χ0) is 24.1. The van der Waals surface area contributed by atoms with E-state index in [2.05, 4.69) is 88.5 Å². The molecule has 34 heavy (non-hydrogen) atoms. The predicted octanol–water partition coefficient (Wildman–Crippen LogP) is 5.88. The van der Waals surface area contributed by atoms with Gasteiger partial charge < -0.3 is 9.80 Å². The molecule has 180 valence electrons. The van der Waals surface area contributed by atoms with Gasteiger partial charge in [-0.2, -0.15) is 5.21 Å². The number of hydrogen-bond donors (Lipinski definition) is 1. The van der Waals surface area contributed by atoms with Gasteiger partial charge in [0.05, 0.1) is 12.4 Å². The van der Waals surface area contributed by atoms with Gasteiger partial charge in [-0.05, 0) is 46.6 Å². The van der Waals surface area contributed by atoms with Gasteiger partial charge in [0.2, 0.25) is 5.82 Å². The third-order valence-electron chi connectivity index (χ3n) is 6.26. The maximum absolute atomic E-state index is 14.1. The number of nitrogens with zero attached hydrogens (tertiary/aromatic N) is 5. The first-order valence-corrected chi connectivity index (χ1v) is 12.2. The molecule has 1 aliphatic rings. The fourth-order valence-electron chi connectivity index (χ4n) is 4.60. The molecule has 1 N–H and O–H groups in total. The van der Waals surface area contributed by atoms with Crippen LogP contribution in [0.5, 0.6) is 0 Å². The number of allylic oxidation sites excluding steroid dienone is 2. The summed E-state index contributed by atoms with van der Waals surface area (Å²) in [5.74, 6) is 1.67. The lowest BCUT2D eigenvalue weighted by Gasteiger charge is -2.26. The smallest absolute Gasteiger partial charge is 0.205 e. The Hall–Kier alpha value is -3.22. The maximum atomic E-state index is 14.1. The van der Waals surface area contributed by atoms with Gasteiger partial charge in [0.15, 0.2) is 0 Å². The average molecular weight is 463 g/mol. The number of rotatable bonds is 10. The fourth-order valence-corrected chi connectivity index (χ4v) is 4.60. The summed E-state index contributed by atoms with van der Waals surface area (Å²) in [5.41, 5.74) is 6.37. The van der Waals surface area contributed by atoms with Gasteiger partial charge in [0.1, 0.15) is 6.67 Å². The monoisotopic (exact) mass is 462 g/mol. The van der Waals surface area contributed by atoms with Gasteiger partial charge in [0.25, 0.3) is 0 Å². The van der Waals surface area contributed by atoms with E-state index >= 15 is 0 Å². The number of aromatic amines is 1. The summed E-state index contributed by atoms with van der Waals surface area (Å²) >= 11 is 0. The van der Waals surface area contributed by atoms with E-state index in [1.807, 2.05) is 18.2 Å². The molecule has 1 aliphatic heterocycles. The quantitative estimate of drug-likeness (QED) is 0.408. The van der Waals surface area contributed by atoms with Crippen molar-refractivity contribution < 1.29 is 4.39 Å². The molecule has 3 aromatic rings. The van der Waals surface area contributed by atoms with E-state index in [1.54, 1.807) is 0 Å². The Morgan fingerprint density at radius 2 is 1.65 bits per heavy atom. The van der Waals surface area contributed by atoms with Gasteiger partial charge in [-0.3, -0.25) is 0 Å². The van der Waals surface area contributed by atoms with Crippen LogP contribution in [0, 0.1) is 11.8 Å². The first kappa shape index (κ1) is 23.9. The van der Waals surface area contributed by atoms with Crippen LogP contribution in [0.4, 0.5) is 4.39 Å². The van der Waals surface area contributed by atoms with E-state index < -0.39 is 6.67 Å². The minimum atomic E-state index is -0.400. The van der Waals surface area contributed by atoms with Crippen molar-refractivity contribution in [2.45, 2.75) is 47.1 Å². The normalized spacial score (nSPS) is 14.2. The Balaban J connectivity index is 1.55. The number of benzene rings is 2. The van der Waals surface area contributed by atoms with Crippen molar-refractivity contribution in [2.24, 2.45) is 11.8 Å². The molecule has 0 unspecified atom stereocenters. The Labute approximate surface area is 201 Å². The molecule has 0 spiro atoms. The summed E-state index contributed by atoms with van der Waals surface area (Å²) in [6.07, 6.45) is 1.98. The number of tetrazole rings is 1. The maximum Gasteiger partial charge on any atom is 0.205 e. The van der Waals surface area contributed by atoms with Crippen molar-refractivity contribution in [2.75, 3.05) is 19.9 Å². The minimum absolute atomic E-state index is 0.400. The third kappa shape index (κ3) is 5.46.